The van der Waals surface area contributed by atoms with E-state index in [1.807, 2.05) is 30.7 Å². The van der Waals surface area contributed by atoms with Gasteiger partial charge in [-0.1, -0.05) is 6.07 Å². The number of hydrogen-bond donors (Lipinski definition) is 1. The highest BCUT2D eigenvalue weighted by Gasteiger charge is 2.20. The molecule has 130 valence electrons. The highest BCUT2D eigenvalue weighted by atomic mass is 32.1. The van der Waals surface area contributed by atoms with Crippen molar-refractivity contribution in [3.8, 4) is 0 Å². The standard InChI is InChI=1S/C16H21N3O3S2/c1-3-22-8-5-7-19(15(21)13-6-4-9-23-13)10-14(20)18-16-17-12(2)11-24-16/h4,6,9,11H,3,5,7-8,10H2,1-2H3,(H,17,18,20). The van der Waals surface area contributed by atoms with Crippen LogP contribution in [0.3, 0.4) is 0 Å². The number of hydrogen-bond acceptors (Lipinski definition) is 6. The fraction of sp³-hybridized carbons (Fsp3) is 0.438. The number of aromatic nitrogens is 1. The Bertz CT molecular complexity index is 655. The number of amides is 2. The third-order valence-electron chi connectivity index (χ3n) is 3.14. The Morgan fingerprint density at radius 1 is 1.38 bits per heavy atom. The van der Waals surface area contributed by atoms with Crippen molar-refractivity contribution in [3.63, 3.8) is 0 Å². The van der Waals surface area contributed by atoms with Crippen LogP contribution in [0.15, 0.2) is 22.9 Å². The van der Waals surface area contributed by atoms with Gasteiger partial charge in [-0.25, -0.2) is 4.98 Å². The number of thiazole rings is 1. The Balaban J connectivity index is 1.95. The number of carbonyl (C=O) groups excluding carboxylic acids is 2. The summed E-state index contributed by atoms with van der Waals surface area (Å²) in [4.78, 5) is 31.2. The summed E-state index contributed by atoms with van der Waals surface area (Å²) in [6.07, 6.45) is 0.689. The number of ether oxygens (including phenoxy) is 1. The summed E-state index contributed by atoms with van der Waals surface area (Å²) in [5.74, 6) is -0.377. The monoisotopic (exact) mass is 367 g/mol. The molecule has 2 aromatic heterocycles. The minimum absolute atomic E-state index is 0.00147. The molecule has 2 aromatic rings. The Kier molecular flexibility index (Phi) is 7.36. The van der Waals surface area contributed by atoms with Gasteiger partial charge < -0.3 is 15.0 Å². The second-order valence-corrected chi connectivity index (χ2v) is 6.90. The lowest BCUT2D eigenvalue weighted by atomic mass is 10.3. The molecule has 2 amide bonds. The van der Waals surface area contributed by atoms with Crippen LogP contribution >= 0.6 is 22.7 Å². The predicted octanol–water partition coefficient (Wildman–Crippen LogP) is 3.02. The summed E-state index contributed by atoms with van der Waals surface area (Å²) >= 11 is 2.74. The Morgan fingerprint density at radius 3 is 2.83 bits per heavy atom. The zero-order valence-electron chi connectivity index (χ0n) is 13.8. The van der Waals surface area contributed by atoms with Gasteiger partial charge in [-0.05, 0) is 31.7 Å². The van der Waals surface area contributed by atoms with Crippen LogP contribution in [0.2, 0.25) is 0 Å². The molecule has 0 fully saturated rings. The van der Waals surface area contributed by atoms with E-state index in [2.05, 4.69) is 10.3 Å². The van der Waals surface area contributed by atoms with E-state index in [4.69, 9.17) is 4.74 Å². The Labute approximate surface area is 149 Å². The van der Waals surface area contributed by atoms with Crippen LogP contribution in [-0.2, 0) is 9.53 Å². The third kappa shape index (κ3) is 5.70. The number of carbonyl (C=O) groups is 2. The van der Waals surface area contributed by atoms with Gasteiger partial charge in [0.05, 0.1) is 10.6 Å². The molecule has 2 heterocycles. The highest BCUT2D eigenvalue weighted by Crippen LogP contribution is 2.15. The highest BCUT2D eigenvalue weighted by molar-refractivity contribution is 7.14. The molecule has 1 N–H and O–H groups in total. The molecule has 0 saturated heterocycles. The van der Waals surface area contributed by atoms with Crippen LogP contribution in [0.25, 0.3) is 0 Å². The van der Waals surface area contributed by atoms with Crippen LogP contribution in [0.4, 0.5) is 5.13 Å². The van der Waals surface area contributed by atoms with E-state index in [1.165, 1.54) is 22.7 Å². The number of nitrogens with zero attached hydrogens (tertiary/aromatic N) is 2. The SMILES string of the molecule is CCOCCCN(CC(=O)Nc1nc(C)cs1)C(=O)c1cccs1. The van der Waals surface area contributed by atoms with Gasteiger partial charge in [0.2, 0.25) is 5.91 Å². The van der Waals surface area contributed by atoms with Crippen molar-refractivity contribution in [3.05, 3.63) is 33.5 Å². The van der Waals surface area contributed by atoms with Crippen LogP contribution in [0, 0.1) is 6.92 Å². The molecule has 0 aliphatic carbocycles. The minimum atomic E-state index is -0.245. The minimum Gasteiger partial charge on any atom is -0.382 e. The number of nitrogens with one attached hydrogen (secondary N) is 1. The average Bonchev–Trinajstić information content (AvgIpc) is 3.21. The van der Waals surface area contributed by atoms with E-state index in [9.17, 15) is 9.59 Å². The van der Waals surface area contributed by atoms with Gasteiger partial charge >= 0.3 is 0 Å². The van der Waals surface area contributed by atoms with E-state index < -0.39 is 0 Å². The molecule has 2 rings (SSSR count). The molecule has 0 unspecified atom stereocenters. The second kappa shape index (κ2) is 9.51. The van der Waals surface area contributed by atoms with Crippen molar-refractivity contribution in [1.82, 2.24) is 9.88 Å². The van der Waals surface area contributed by atoms with Crippen molar-refractivity contribution in [2.24, 2.45) is 0 Å². The summed E-state index contributed by atoms with van der Waals surface area (Å²) in [6, 6.07) is 3.60. The summed E-state index contributed by atoms with van der Waals surface area (Å²) in [5, 5.41) is 7.01. The lowest BCUT2D eigenvalue weighted by Gasteiger charge is -2.21. The first-order chi connectivity index (χ1) is 11.6. The Hall–Kier alpha value is -1.77. The number of thiophene rings is 1. The summed E-state index contributed by atoms with van der Waals surface area (Å²) < 4.78 is 5.31. The fourth-order valence-corrected chi connectivity index (χ4v) is 3.45. The maximum Gasteiger partial charge on any atom is 0.264 e. The van der Waals surface area contributed by atoms with Crippen LogP contribution in [-0.4, -0.2) is 48.0 Å². The van der Waals surface area contributed by atoms with E-state index in [-0.39, 0.29) is 18.4 Å². The van der Waals surface area contributed by atoms with Crippen LogP contribution < -0.4 is 5.32 Å². The van der Waals surface area contributed by atoms with Gasteiger partial charge in [0, 0.05) is 25.1 Å². The number of rotatable bonds is 9. The molecule has 0 bridgehead atoms. The average molecular weight is 367 g/mol. The van der Waals surface area contributed by atoms with Crippen molar-refractivity contribution in [1.29, 1.82) is 0 Å². The van der Waals surface area contributed by atoms with Gasteiger partial charge in [-0.15, -0.1) is 22.7 Å². The van der Waals surface area contributed by atoms with E-state index >= 15 is 0 Å². The normalized spacial score (nSPS) is 10.6. The third-order valence-corrected chi connectivity index (χ3v) is 4.87. The topological polar surface area (TPSA) is 71.5 Å². The van der Waals surface area contributed by atoms with E-state index in [1.54, 1.807) is 11.0 Å². The largest absolute Gasteiger partial charge is 0.382 e. The molecule has 0 aliphatic rings. The summed E-state index contributed by atoms with van der Waals surface area (Å²) in [6.45, 7) is 5.48. The smallest absolute Gasteiger partial charge is 0.264 e. The number of aryl methyl sites for hydroxylation is 1. The molecule has 0 spiro atoms. The maximum atomic E-state index is 12.6. The molecule has 8 heteroatoms. The van der Waals surface area contributed by atoms with Gasteiger partial charge in [-0.3, -0.25) is 9.59 Å². The van der Waals surface area contributed by atoms with Gasteiger partial charge in [0.15, 0.2) is 5.13 Å². The Morgan fingerprint density at radius 2 is 2.21 bits per heavy atom. The quantitative estimate of drug-likeness (QED) is 0.692. The van der Waals surface area contributed by atoms with Gasteiger partial charge in [-0.2, -0.15) is 0 Å². The maximum absolute atomic E-state index is 12.6. The first kappa shape index (κ1) is 18.6. The fourth-order valence-electron chi connectivity index (χ4n) is 2.05. The van der Waals surface area contributed by atoms with Crippen molar-refractivity contribution in [2.45, 2.75) is 20.3 Å². The van der Waals surface area contributed by atoms with Crippen molar-refractivity contribution in [2.75, 3.05) is 31.6 Å². The zero-order valence-corrected chi connectivity index (χ0v) is 15.4. The van der Waals surface area contributed by atoms with Gasteiger partial charge in [0.25, 0.3) is 5.91 Å². The van der Waals surface area contributed by atoms with E-state index in [0.29, 0.717) is 36.2 Å². The second-order valence-electron chi connectivity index (χ2n) is 5.10. The van der Waals surface area contributed by atoms with E-state index in [0.717, 1.165) is 5.69 Å². The molecule has 0 saturated carbocycles. The predicted molar refractivity (Wildman–Crippen MR) is 96.8 cm³/mol. The molecular weight excluding hydrogens is 346 g/mol. The first-order valence-corrected chi connectivity index (χ1v) is 9.48. The van der Waals surface area contributed by atoms with Crippen molar-refractivity contribution >= 4 is 39.6 Å². The van der Waals surface area contributed by atoms with Gasteiger partial charge in [0.1, 0.15) is 6.54 Å². The molecule has 0 atom stereocenters. The first-order valence-electron chi connectivity index (χ1n) is 7.72. The lowest BCUT2D eigenvalue weighted by Crippen LogP contribution is -2.38. The summed E-state index contributed by atoms with van der Waals surface area (Å²) in [7, 11) is 0. The van der Waals surface area contributed by atoms with Crippen LogP contribution in [0.5, 0.6) is 0 Å². The summed E-state index contributed by atoms with van der Waals surface area (Å²) in [5.41, 5.74) is 0.860. The molecule has 0 aromatic carbocycles. The van der Waals surface area contributed by atoms with Crippen LogP contribution in [0.1, 0.15) is 28.7 Å². The van der Waals surface area contributed by atoms with Crippen molar-refractivity contribution < 1.29 is 14.3 Å². The lowest BCUT2D eigenvalue weighted by molar-refractivity contribution is -0.116. The molecule has 0 radical (unpaired) electrons. The molecule has 6 nitrogen and oxygen atoms in total. The molecule has 0 aliphatic heterocycles. The zero-order chi connectivity index (χ0) is 17.4. The molecular formula is C16H21N3O3S2. The number of anilines is 1. The molecule has 24 heavy (non-hydrogen) atoms.